The van der Waals surface area contributed by atoms with Gasteiger partial charge in [0, 0.05) is 6.07 Å². The molecule has 0 atom stereocenters. The van der Waals surface area contributed by atoms with Crippen molar-refractivity contribution >= 4 is 0 Å². The van der Waals surface area contributed by atoms with Crippen molar-refractivity contribution in [1.29, 1.82) is 0 Å². The molecule has 1 fully saturated rings. The van der Waals surface area contributed by atoms with Crippen LogP contribution in [0, 0.1) is 0 Å². The van der Waals surface area contributed by atoms with Crippen LogP contribution < -0.4 is 0 Å². The van der Waals surface area contributed by atoms with Gasteiger partial charge in [-0.1, -0.05) is 18.9 Å². The summed E-state index contributed by atoms with van der Waals surface area (Å²) >= 11 is 0. The zero-order chi connectivity index (χ0) is 10.1. The molecule has 0 bridgehead atoms. The summed E-state index contributed by atoms with van der Waals surface area (Å²) in [7, 11) is 0. The first-order chi connectivity index (χ1) is 6.70. The molecule has 0 saturated heterocycles. The molecule has 15 heavy (non-hydrogen) atoms. The van der Waals surface area contributed by atoms with Crippen LogP contribution in [0.3, 0.4) is 0 Å². The fourth-order valence-corrected chi connectivity index (χ4v) is 1.81. The van der Waals surface area contributed by atoms with Crippen LogP contribution in [0.1, 0.15) is 24.3 Å². The van der Waals surface area contributed by atoms with Crippen LogP contribution in [-0.2, 0) is 32.7 Å². The van der Waals surface area contributed by atoms with Crippen LogP contribution in [0.5, 0.6) is 11.5 Å². The van der Waals surface area contributed by atoms with Gasteiger partial charge in [0.05, 0.1) is 0 Å². The van der Waals surface area contributed by atoms with Gasteiger partial charge < -0.3 is 20.9 Å². The SMILES string of the molecule is O[N-]C1CC(c2ccc(O)cc2O)C1.[Y+3]. The Bertz CT molecular complexity index is 339. The Morgan fingerprint density at radius 3 is 2.40 bits per heavy atom. The van der Waals surface area contributed by atoms with Gasteiger partial charge in [-0.05, 0) is 17.5 Å². The van der Waals surface area contributed by atoms with Gasteiger partial charge in [0.15, 0.2) is 0 Å². The van der Waals surface area contributed by atoms with Gasteiger partial charge in [-0.2, -0.15) is 0 Å². The second kappa shape index (κ2) is 5.26. The monoisotopic (exact) mass is 283 g/mol. The molecule has 1 aromatic rings. The number of nitrogens with zero attached hydrogens (tertiary/aromatic N) is 1. The summed E-state index contributed by atoms with van der Waals surface area (Å²) in [5.74, 6) is 0.428. The molecule has 5 heteroatoms. The summed E-state index contributed by atoms with van der Waals surface area (Å²) in [5.41, 5.74) is 4.01. The van der Waals surface area contributed by atoms with Crippen molar-refractivity contribution in [3.63, 3.8) is 0 Å². The molecule has 0 aromatic heterocycles. The number of aromatic hydroxyl groups is 2. The van der Waals surface area contributed by atoms with E-state index in [1.54, 1.807) is 12.1 Å². The average molecular weight is 283 g/mol. The molecule has 0 unspecified atom stereocenters. The standard InChI is InChI=1S/C10H12NO3.Y/c12-8-1-2-9(10(13)5-8)6-3-7(4-6)11-14;/h1-2,5-7,12-14H,3-4H2;/q-1;+3. The molecule has 0 aliphatic heterocycles. The van der Waals surface area contributed by atoms with E-state index in [1.807, 2.05) is 0 Å². The molecule has 0 spiro atoms. The fourth-order valence-electron chi connectivity index (χ4n) is 1.81. The molecule has 0 amide bonds. The molecule has 1 aromatic carbocycles. The molecule has 1 aliphatic rings. The molecule has 1 aliphatic carbocycles. The van der Waals surface area contributed by atoms with Gasteiger partial charge in [0.2, 0.25) is 0 Å². The van der Waals surface area contributed by atoms with Crippen molar-refractivity contribution in [2.45, 2.75) is 24.8 Å². The second-order valence-corrected chi connectivity index (χ2v) is 3.68. The van der Waals surface area contributed by atoms with Crippen LogP contribution in [0.25, 0.3) is 5.48 Å². The maximum absolute atomic E-state index is 9.53. The Labute approximate surface area is 113 Å². The first kappa shape index (κ1) is 12.9. The van der Waals surface area contributed by atoms with E-state index in [-0.39, 0.29) is 56.2 Å². The normalized spacial score (nSPS) is 24.1. The van der Waals surface area contributed by atoms with Gasteiger partial charge in [0.1, 0.15) is 11.5 Å². The Balaban J connectivity index is 0.00000112. The summed E-state index contributed by atoms with van der Waals surface area (Å²) in [6, 6.07) is 4.60. The zero-order valence-corrected chi connectivity index (χ0v) is 11.0. The summed E-state index contributed by atoms with van der Waals surface area (Å²) < 4.78 is 0. The van der Waals surface area contributed by atoms with E-state index in [1.165, 1.54) is 6.07 Å². The molecule has 1 saturated carbocycles. The third-order valence-corrected chi connectivity index (χ3v) is 2.73. The minimum Gasteiger partial charge on any atom is -0.535 e. The Morgan fingerprint density at radius 2 is 1.87 bits per heavy atom. The minimum atomic E-state index is 0. The molecular formula is C10H12NO3Y+2. The molecule has 0 heterocycles. The number of hydroxylamine groups is 1. The summed E-state index contributed by atoms with van der Waals surface area (Å²) in [6.45, 7) is 0. The molecule has 2 rings (SSSR count). The summed E-state index contributed by atoms with van der Waals surface area (Å²) in [5, 5.41) is 27.1. The van der Waals surface area contributed by atoms with Gasteiger partial charge in [-0.15, -0.1) is 6.04 Å². The Kier molecular flexibility index (Phi) is 4.52. The summed E-state index contributed by atoms with van der Waals surface area (Å²) in [4.78, 5) is 0. The van der Waals surface area contributed by atoms with E-state index in [0.717, 1.165) is 18.4 Å². The van der Waals surface area contributed by atoms with Crippen molar-refractivity contribution < 1.29 is 48.1 Å². The number of phenols is 2. The van der Waals surface area contributed by atoms with Crippen molar-refractivity contribution in [1.82, 2.24) is 0 Å². The van der Waals surface area contributed by atoms with Gasteiger partial charge in [-0.3, -0.25) is 0 Å². The maximum Gasteiger partial charge on any atom is 3.00 e. The van der Waals surface area contributed by atoms with E-state index >= 15 is 0 Å². The number of rotatable bonds is 2. The average Bonchev–Trinajstić information content (AvgIpc) is 2.06. The zero-order valence-electron chi connectivity index (χ0n) is 8.17. The quantitative estimate of drug-likeness (QED) is 0.728. The first-order valence-electron chi connectivity index (χ1n) is 4.57. The summed E-state index contributed by atoms with van der Waals surface area (Å²) in [6.07, 6.45) is 1.52. The largest absolute Gasteiger partial charge is 3.00 e. The predicted molar refractivity (Wildman–Crippen MR) is 50.7 cm³/mol. The van der Waals surface area contributed by atoms with Crippen LogP contribution in [0.2, 0.25) is 0 Å². The van der Waals surface area contributed by atoms with E-state index in [9.17, 15) is 5.11 Å². The fraction of sp³-hybridized carbons (Fsp3) is 0.400. The number of hydrogen-bond donors (Lipinski definition) is 3. The molecule has 4 nitrogen and oxygen atoms in total. The number of benzene rings is 1. The Morgan fingerprint density at radius 1 is 1.20 bits per heavy atom. The van der Waals surface area contributed by atoms with Crippen molar-refractivity contribution in [3.8, 4) is 11.5 Å². The first-order valence-corrected chi connectivity index (χ1v) is 4.57. The number of hydrogen-bond acceptors (Lipinski definition) is 3. The van der Waals surface area contributed by atoms with Crippen molar-refractivity contribution in [2.24, 2.45) is 0 Å². The van der Waals surface area contributed by atoms with Gasteiger partial charge in [-0.25, -0.2) is 0 Å². The van der Waals surface area contributed by atoms with E-state index < -0.39 is 0 Å². The smallest absolute Gasteiger partial charge is 0.535 e. The van der Waals surface area contributed by atoms with Crippen molar-refractivity contribution in [3.05, 3.63) is 29.2 Å². The van der Waals surface area contributed by atoms with Gasteiger partial charge in [0.25, 0.3) is 0 Å². The molecule has 76 valence electrons. The third kappa shape index (κ3) is 2.69. The van der Waals surface area contributed by atoms with Gasteiger partial charge >= 0.3 is 32.7 Å². The van der Waals surface area contributed by atoms with E-state index in [4.69, 9.17) is 10.3 Å². The van der Waals surface area contributed by atoms with Crippen molar-refractivity contribution in [2.75, 3.05) is 0 Å². The number of phenolic OH excluding ortho intramolecular Hbond substituents is 2. The minimum absolute atomic E-state index is 0. The molecule has 0 radical (unpaired) electrons. The predicted octanol–water partition coefficient (Wildman–Crippen LogP) is 2.10. The molecule has 3 N–H and O–H groups in total. The van der Waals surface area contributed by atoms with Crippen LogP contribution in [-0.4, -0.2) is 21.5 Å². The van der Waals surface area contributed by atoms with Crippen LogP contribution in [0.4, 0.5) is 0 Å². The Hall–Kier alpha value is -0.156. The molecular weight excluding hydrogens is 271 g/mol. The van der Waals surface area contributed by atoms with E-state index in [2.05, 4.69) is 5.48 Å². The van der Waals surface area contributed by atoms with Crippen LogP contribution >= 0.6 is 0 Å². The van der Waals surface area contributed by atoms with Crippen LogP contribution in [0.15, 0.2) is 18.2 Å². The van der Waals surface area contributed by atoms with E-state index in [0.29, 0.717) is 0 Å². The third-order valence-electron chi connectivity index (χ3n) is 2.73. The maximum atomic E-state index is 9.53. The topological polar surface area (TPSA) is 74.8 Å². The second-order valence-electron chi connectivity index (χ2n) is 3.68.